The highest BCUT2D eigenvalue weighted by atomic mass is 35.5. The highest BCUT2D eigenvalue weighted by molar-refractivity contribution is 6.30. The van der Waals surface area contributed by atoms with Gasteiger partial charge in [0.15, 0.2) is 12.7 Å². The van der Waals surface area contributed by atoms with Crippen LogP contribution in [0.1, 0.15) is 44.6 Å². The predicted molar refractivity (Wildman–Crippen MR) is 101 cm³/mol. The molecular formula is C19H25ClN2O5. The first-order valence-electron chi connectivity index (χ1n) is 9.05. The maximum Gasteiger partial charge on any atom is 0.344 e. The summed E-state index contributed by atoms with van der Waals surface area (Å²) in [6.45, 7) is 2.84. The van der Waals surface area contributed by atoms with Gasteiger partial charge in [-0.3, -0.25) is 10.1 Å². The Hall–Kier alpha value is -2.28. The Morgan fingerprint density at radius 3 is 2.59 bits per heavy atom. The summed E-state index contributed by atoms with van der Waals surface area (Å²) in [6, 6.07) is 4.53. The van der Waals surface area contributed by atoms with E-state index in [1.165, 1.54) is 13.3 Å². The van der Waals surface area contributed by atoms with Crippen LogP contribution in [0.4, 0.5) is 4.79 Å². The molecule has 0 bridgehead atoms. The van der Waals surface area contributed by atoms with Crippen molar-refractivity contribution >= 4 is 29.5 Å². The number of halogens is 1. The molecule has 0 aromatic heterocycles. The molecule has 0 saturated heterocycles. The lowest BCUT2D eigenvalue weighted by atomic mass is 9.96. The lowest BCUT2D eigenvalue weighted by Gasteiger charge is -2.23. The predicted octanol–water partition coefficient (Wildman–Crippen LogP) is 3.12. The van der Waals surface area contributed by atoms with Crippen molar-refractivity contribution in [2.45, 2.75) is 58.1 Å². The molecule has 2 rings (SSSR count). The van der Waals surface area contributed by atoms with E-state index in [0.717, 1.165) is 31.2 Å². The molecule has 27 heavy (non-hydrogen) atoms. The fraction of sp³-hybridized carbons (Fsp3) is 0.526. The second-order valence-corrected chi connectivity index (χ2v) is 7.06. The Morgan fingerprint density at radius 1 is 1.22 bits per heavy atom. The lowest BCUT2D eigenvalue weighted by Crippen LogP contribution is -2.48. The highest BCUT2D eigenvalue weighted by Crippen LogP contribution is 2.21. The Balaban J connectivity index is 1.72. The van der Waals surface area contributed by atoms with Gasteiger partial charge in [-0.15, -0.1) is 0 Å². The highest BCUT2D eigenvalue weighted by Gasteiger charge is 2.22. The van der Waals surface area contributed by atoms with Gasteiger partial charge in [0.1, 0.15) is 5.75 Å². The average Bonchev–Trinajstić information content (AvgIpc) is 2.61. The van der Waals surface area contributed by atoms with Crippen LogP contribution < -0.4 is 15.4 Å². The number of carbonyl (C=O) groups excluding carboxylic acids is 3. The molecule has 148 valence electrons. The Bertz CT molecular complexity index is 689. The molecule has 0 heterocycles. The number of nitrogens with one attached hydrogen (secondary N) is 2. The summed E-state index contributed by atoms with van der Waals surface area (Å²) in [4.78, 5) is 35.7. The van der Waals surface area contributed by atoms with E-state index in [-0.39, 0.29) is 12.6 Å². The Kier molecular flexibility index (Phi) is 7.91. The van der Waals surface area contributed by atoms with Crippen LogP contribution in [0.3, 0.4) is 0 Å². The van der Waals surface area contributed by atoms with E-state index in [1.54, 1.807) is 25.1 Å². The minimum atomic E-state index is -1.11. The molecule has 1 atom stereocenters. The van der Waals surface area contributed by atoms with Gasteiger partial charge in [0.2, 0.25) is 0 Å². The summed E-state index contributed by atoms with van der Waals surface area (Å²) in [7, 11) is 0. The van der Waals surface area contributed by atoms with E-state index >= 15 is 0 Å². The lowest BCUT2D eigenvalue weighted by molar-refractivity contribution is -0.156. The number of esters is 1. The zero-order valence-corrected chi connectivity index (χ0v) is 16.3. The molecule has 8 heteroatoms. The third-order valence-corrected chi connectivity index (χ3v) is 4.57. The number of hydrogen-bond acceptors (Lipinski definition) is 5. The fourth-order valence-electron chi connectivity index (χ4n) is 2.88. The molecule has 7 nitrogen and oxygen atoms in total. The summed E-state index contributed by atoms with van der Waals surface area (Å²) in [5.41, 5.74) is 0.778. The molecule has 1 aliphatic carbocycles. The van der Waals surface area contributed by atoms with Crippen LogP contribution in [0, 0.1) is 6.92 Å². The number of hydrogen-bond donors (Lipinski definition) is 2. The van der Waals surface area contributed by atoms with Crippen LogP contribution in [-0.2, 0) is 14.3 Å². The van der Waals surface area contributed by atoms with E-state index < -0.39 is 24.0 Å². The normalized spacial score (nSPS) is 15.5. The third-order valence-electron chi connectivity index (χ3n) is 4.34. The van der Waals surface area contributed by atoms with E-state index in [9.17, 15) is 14.4 Å². The number of carbonyl (C=O) groups is 3. The van der Waals surface area contributed by atoms with Crippen molar-refractivity contribution in [1.29, 1.82) is 0 Å². The molecular weight excluding hydrogens is 372 g/mol. The summed E-state index contributed by atoms with van der Waals surface area (Å²) >= 11 is 5.86. The van der Waals surface area contributed by atoms with Crippen molar-refractivity contribution in [2.75, 3.05) is 6.61 Å². The number of amides is 3. The molecule has 1 aromatic carbocycles. The first-order valence-corrected chi connectivity index (χ1v) is 9.42. The number of urea groups is 1. The summed E-state index contributed by atoms with van der Waals surface area (Å²) < 4.78 is 10.4. The van der Waals surface area contributed by atoms with Gasteiger partial charge in [-0.2, -0.15) is 0 Å². The topological polar surface area (TPSA) is 93.7 Å². The zero-order valence-electron chi connectivity index (χ0n) is 15.5. The molecule has 1 aromatic rings. The van der Waals surface area contributed by atoms with Gasteiger partial charge in [0.05, 0.1) is 0 Å². The molecule has 1 fully saturated rings. The first-order chi connectivity index (χ1) is 12.8. The first kappa shape index (κ1) is 21.0. The van der Waals surface area contributed by atoms with E-state index in [4.69, 9.17) is 21.1 Å². The second-order valence-electron chi connectivity index (χ2n) is 6.63. The largest absolute Gasteiger partial charge is 0.482 e. The van der Waals surface area contributed by atoms with Crippen LogP contribution >= 0.6 is 11.6 Å². The Morgan fingerprint density at radius 2 is 1.93 bits per heavy atom. The zero-order chi connectivity index (χ0) is 19.8. The number of ether oxygens (including phenoxy) is 2. The quantitative estimate of drug-likeness (QED) is 0.720. The number of imide groups is 1. The smallest absolute Gasteiger partial charge is 0.344 e. The minimum Gasteiger partial charge on any atom is -0.482 e. The van der Waals surface area contributed by atoms with Gasteiger partial charge in [-0.25, -0.2) is 9.59 Å². The van der Waals surface area contributed by atoms with Gasteiger partial charge >= 0.3 is 12.0 Å². The van der Waals surface area contributed by atoms with Crippen molar-refractivity contribution in [1.82, 2.24) is 10.6 Å². The van der Waals surface area contributed by atoms with E-state index in [2.05, 4.69) is 10.6 Å². The van der Waals surface area contributed by atoms with E-state index in [1.807, 2.05) is 0 Å². The standard InChI is InChI=1S/C19H25ClN2O5/c1-12-10-14(20)8-9-16(12)26-11-17(23)27-13(2)18(24)22-19(25)21-15-6-4-3-5-7-15/h8-10,13,15H,3-7,11H2,1-2H3,(H2,21,22,24,25)/t13-/m1/s1. The molecule has 1 aliphatic rings. The van der Waals surface area contributed by atoms with Crippen LogP contribution in [0.25, 0.3) is 0 Å². The monoisotopic (exact) mass is 396 g/mol. The maximum atomic E-state index is 12.0. The van der Waals surface area contributed by atoms with Crippen LogP contribution in [0.2, 0.25) is 5.02 Å². The average molecular weight is 397 g/mol. The van der Waals surface area contributed by atoms with Gasteiger partial charge in [-0.1, -0.05) is 30.9 Å². The van der Waals surface area contributed by atoms with Gasteiger partial charge < -0.3 is 14.8 Å². The summed E-state index contributed by atoms with van der Waals surface area (Å²) in [5.74, 6) is -0.890. The van der Waals surface area contributed by atoms with Crippen molar-refractivity contribution in [3.05, 3.63) is 28.8 Å². The van der Waals surface area contributed by atoms with Gasteiger partial charge in [0, 0.05) is 11.1 Å². The van der Waals surface area contributed by atoms with Crippen LogP contribution in [0.5, 0.6) is 5.75 Å². The van der Waals surface area contributed by atoms with E-state index in [0.29, 0.717) is 10.8 Å². The summed E-state index contributed by atoms with van der Waals surface area (Å²) in [6.07, 6.45) is 4.02. The molecule has 0 aliphatic heterocycles. The van der Waals surface area contributed by atoms with Crippen molar-refractivity contribution < 1.29 is 23.9 Å². The molecule has 2 N–H and O–H groups in total. The van der Waals surface area contributed by atoms with Crippen LogP contribution in [0.15, 0.2) is 18.2 Å². The molecule has 0 radical (unpaired) electrons. The fourth-order valence-corrected chi connectivity index (χ4v) is 3.10. The molecule has 3 amide bonds. The van der Waals surface area contributed by atoms with Gasteiger partial charge in [0.25, 0.3) is 5.91 Å². The van der Waals surface area contributed by atoms with Gasteiger partial charge in [-0.05, 0) is 50.5 Å². The van der Waals surface area contributed by atoms with Crippen molar-refractivity contribution in [3.63, 3.8) is 0 Å². The molecule has 0 spiro atoms. The molecule has 0 unspecified atom stereocenters. The number of rotatable bonds is 6. The Labute approximate surface area is 163 Å². The maximum absolute atomic E-state index is 12.0. The number of aryl methyl sites for hydroxylation is 1. The van der Waals surface area contributed by atoms with Crippen molar-refractivity contribution in [2.24, 2.45) is 0 Å². The third kappa shape index (κ3) is 7.09. The van der Waals surface area contributed by atoms with Crippen LogP contribution in [-0.4, -0.2) is 36.7 Å². The van der Waals surface area contributed by atoms with Crippen molar-refractivity contribution in [3.8, 4) is 5.75 Å². The molecule has 1 saturated carbocycles. The summed E-state index contributed by atoms with van der Waals surface area (Å²) in [5, 5.41) is 5.54. The minimum absolute atomic E-state index is 0.0837. The SMILES string of the molecule is Cc1cc(Cl)ccc1OCC(=O)O[C@H](C)C(=O)NC(=O)NC1CCCCC1. The number of benzene rings is 1. The second kappa shape index (κ2) is 10.2.